The zero-order valence-corrected chi connectivity index (χ0v) is 12.5. The Balaban J connectivity index is 2.26. The van der Waals surface area contributed by atoms with E-state index in [1.165, 1.54) is 0 Å². The molecule has 98 valence electrons. The SMILES string of the molecule is COc1ccc(Oc2ccnc(C(N)=S)c2)c(Br)c1. The van der Waals surface area contributed by atoms with Gasteiger partial charge in [-0.25, -0.2) is 0 Å². The van der Waals surface area contributed by atoms with Crippen LogP contribution in [0.2, 0.25) is 0 Å². The van der Waals surface area contributed by atoms with Crippen LogP contribution in [0.3, 0.4) is 0 Å². The Morgan fingerprint density at radius 2 is 2.05 bits per heavy atom. The Morgan fingerprint density at radius 1 is 1.26 bits per heavy atom. The lowest BCUT2D eigenvalue weighted by atomic mass is 10.3. The zero-order valence-electron chi connectivity index (χ0n) is 10.1. The smallest absolute Gasteiger partial charge is 0.141 e. The molecule has 1 aromatic heterocycles. The molecule has 0 bridgehead atoms. The van der Waals surface area contributed by atoms with Gasteiger partial charge in [-0.05, 0) is 40.2 Å². The predicted octanol–water partition coefficient (Wildman–Crippen LogP) is 3.28. The number of benzene rings is 1. The van der Waals surface area contributed by atoms with E-state index in [1.54, 1.807) is 25.4 Å². The topological polar surface area (TPSA) is 57.4 Å². The number of hydrogen-bond acceptors (Lipinski definition) is 4. The largest absolute Gasteiger partial charge is 0.497 e. The van der Waals surface area contributed by atoms with Gasteiger partial charge < -0.3 is 15.2 Å². The molecule has 4 nitrogen and oxygen atoms in total. The maximum atomic E-state index is 5.74. The Hall–Kier alpha value is -1.66. The molecule has 0 aliphatic rings. The van der Waals surface area contributed by atoms with Gasteiger partial charge in [-0.15, -0.1) is 0 Å². The molecule has 19 heavy (non-hydrogen) atoms. The zero-order chi connectivity index (χ0) is 13.8. The molecule has 0 spiro atoms. The average Bonchev–Trinajstić information content (AvgIpc) is 2.41. The first kappa shape index (κ1) is 13.8. The number of rotatable bonds is 4. The van der Waals surface area contributed by atoms with Gasteiger partial charge in [-0.2, -0.15) is 0 Å². The number of aromatic nitrogens is 1. The first-order valence-corrected chi connectivity index (χ1v) is 6.57. The van der Waals surface area contributed by atoms with Crippen molar-refractivity contribution < 1.29 is 9.47 Å². The summed E-state index contributed by atoms with van der Waals surface area (Å²) >= 11 is 8.30. The highest BCUT2D eigenvalue weighted by Crippen LogP contribution is 2.32. The van der Waals surface area contributed by atoms with Crippen LogP contribution in [0.4, 0.5) is 0 Å². The van der Waals surface area contributed by atoms with Crippen LogP contribution in [0.15, 0.2) is 41.0 Å². The lowest BCUT2D eigenvalue weighted by molar-refractivity contribution is 0.412. The summed E-state index contributed by atoms with van der Waals surface area (Å²) in [6, 6.07) is 8.88. The Bertz CT molecular complexity index is 619. The van der Waals surface area contributed by atoms with Crippen LogP contribution < -0.4 is 15.2 Å². The second kappa shape index (κ2) is 5.99. The third-order valence-electron chi connectivity index (χ3n) is 2.35. The van der Waals surface area contributed by atoms with Crippen molar-refractivity contribution in [3.63, 3.8) is 0 Å². The van der Waals surface area contributed by atoms with Crippen molar-refractivity contribution in [1.29, 1.82) is 0 Å². The molecular formula is C13H11BrN2O2S. The Morgan fingerprint density at radius 3 is 2.68 bits per heavy atom. The predicted molar refractivity (Wildman–Crippen MR) is 80.9 cm³/mol. The molecular weight excluding hydrogens is 328 g/mol. The molecule has 1 aromatic carbocycles. The molecule has 2 rings (SSSR count). The second-order valence-electron chi connectivity index (χ2n) is 3.64. The number of halogens is 1. The summed E-state index contributed by atoms with van der Waals surface area (Å²) in [6.45, 7) is 0. The van der Waals surface area contributed by atoms with Crippen molar-refractivity contribution in [2.45, 2.75) is 0 Å². The van der Waals surface area contributed by atoms with E-state index in [4.69, 9.17) is 27.4 Å². The maximum Gasteiger partial charge on any atom is 0.141 e. The molecule has 0 saturated carbocycles. The lowest BCUT2D eigenvalue weighted by Gasteiger charge is -2.09. The summed E-state index contributed by atoms with van der Waals surface area (Å²) in [5.41, 5.74) is 6.06. The fraction of sp³-hybridized carbons (Fsp3) is 0.0769. The summed E-state index contributed by atoms with van der Waals surface area (Å²) in [7, 11) is 1.61. The first-order valence-electron chi connectivity index (χ1n) is 5.37. The number of pyridine rings is 1. The van der Waals surface area contributed by atoms with Gasteiger partial charge in [0.25, 0.3) is 0 Å². The summed E-state index contributed by atoms with van der Waals surface area (Å²) < 4.78 is 11.7. The number of hydrogen-bond donors (Lipinski definition) is 1. The normalized spacial score (nSPS) is 10.0. The number of ether oxygens (including phenoxy) is 2. The van der Waals surface area contributed by atoms with Crippen LogP contribution >= 0.6 is 28.1 Å². The average molecular weight is 339 g/mol. The van der Waals surface area contributed by atoms with Crippen molar-refractivity contribution in [2.75, 3.05) is 7.11 Å². The van der Waals surface area contributed by atoms with Crippen molar-refractivity contribution in [3.05, 3.63) is 46.7 Å². The fourth-order valence-corrected chi connectivity index (χ4v) is 1.98. The van der Waals surface area contributed by atoms with Crippen LogP contribution in [0.1, 0.15) is 5.69 Å². The van der Waals surface area contributed by atoms with Crippen LogP contribution in [0.25, 0.3) is 0 Å². The Labute approximate surface area is 124 Å². The standard InChI is InChI=1S/C13H11BrN2O2S/c1-17-8-2-3-12(10(14)6-8)18-9-4-5-16-11(7-9)13(15)19/h2-7H,1H3,(H2,15,19). The van der Waals surface area contributed by atoms with Crippen LogP contribution in [0.5, 0.6) is 17.2 Å². The molecule has 0 amide bonds. The fourth-order valence-electron chi connectivity index (χ4n) is 1.43. The number of nitrogens with zero attached hydrogens (tertiary/aromatic N) is 1. The van der Waals surface area contributed by atoms with Gasteiger partial charge in [0.05, 0.1) is 11.6 Å². The number of nitrogens with two attached hydrogens (primary N) is 1. The van der Waals surface area contributed by atoms with E-state index in [2.05, 4.69) is 20.9 Å². The van der Waals surface area contributed by atoms with E-state index in [-0.39, 0.29) is 4.99 Å². The van der Waals surface area contributed by atoms with E-state index in [9.17, 15) is 0 Å². The third kappa shape index (κ3) is 3.42. The molecule has 0 radical (unpaired) electrons. The first-order chi connectivity index (χ1) is 9.10. The van der Waals surface area contributed by atoms with Crippen LogP contribution in [-0.4, -0.2) is 17.1 Å². The molecule has 2 aromatic rings. The minimum absolute atomic E-state index is 0.235. The highest BCUT2D eigenvalue weighted by Gasteiger charge is 2.06. The van der Waals surface area contributed by atoms with Crippen molar-refractivity contribution in [1.82, 2.24) is 4.98 Å². The van der Waals surface area contributed by atoms with E-state index in [1.807, 2.05) is 18.2 Å². The lowest BCUT2D eigenvalue weighted by Crippen LogP contribution is -2.11. The second-order valence-corrected chi connectivity index (χ2v) is 4.93. The molecule has 0 atom stereocenters. The minimum Gasteiger partial charge on any atom is -0.497 e. The molecule has 6 heteroatoms. The molecule has 1 heterocycles. The van der Waals surface area contributed by atoms with Gasteiger partial charge in [-0.1, -0.05) is 12.2 Å². The quantitative estimate of drug-likeness (QED) is 0.867. The van der Waals surface area contributed by atoms with Gasteiger partial charge in [-0.3, -0.25) is 4.98 Å². The monoisotopic (exact) mass is 338 g/mol. The van der Waals surface area contributed by atoms with E-state index < -0.39 is 0 Å². The molecule has 0 saturated heterocycles. The molecule has 0 aliphatic heterocycles. The van der Waals surface area contributed by atoms with Crippen molar-refractivity contribution >= 4 is 33.1 Å². The van der Waals surface area contributed by atoms with Crippen LogP contribution in [0, 0.1) is 0 Å². The summed E-state index contributed by atoms with van der Waals surface area (Å²) in [6.07, 6.45) is 1.60. The van der Waals surface area contributed by atoms with E-state index >= 15 is 0 Å². The molecule has 0 aliphatic carbocycles. The van der Waals surface area contributed by atoms with Crippen molar-refractivity contribution in [3.8, 4) is 17.2 Å². The van der Waals surface area contributed by atoms with E-state index in [0.29, 0.717) is 17.2 Å². The molecule has 2 N–H and O–H groups in total. The highest BCUT2D eigenvalue weighted by molar-refractivity contribution is 9.10. The van der Waals surface area contributed by atoms with Gasteiger partial charge in [0, 0.05) is 12.3 Å². The summed E-state index contributed by atoms with van der Waals surface area (Å²) in [5, 5.41) is 0. The van der Waals surface area contributed by atoms with Gasteiger partial charge in [0.1, 0.15) is 27.9 Å². The molecule has 0 unspecified atom stereocenters. The highest BCUT2D eigenvalue weighted by atomic mass is 79.9. The minimum atomic E-state index is 0.235. The maximum absolute atomic E-state index is 5.74. The van der Waals surface area contributed by atoms with Crippen molar-refractivity contribution in [2.24, 2.45) is 5.73 Å². The van der Waals surface area contributed by atoms with Gasteiger partial charge in [0.2, 0.25) is 0 Å². The number of thiocarbonyl (C=S) groups is 1. The summed E-state index contributed by atoms with van der Waals surface area (Å²) in [5.74, 6) is 2.03. The third-order valence-corrected chi connectivity index (χ3v) is 3.18. The van der Waals surface area contributed by atoms with Gasteiger partial charge in [0.15, 0.2) is 0 Å². The Kier molecular flexibility index (Phi) is 4.34. The van der Waals surface area contributed by atoms with Gasteiger partial charge >= 0.3 is 0 Å². The summed E-state index contributed by atoms with van der Waals surface area (Å²) in [4.78, 5) is 4.29. The van der Waals surface area contributed by atoms with E-state index in [0.717, 1.165) is 10.2 Å². The van der Waals surface area contributed by atoms with Crippen LogP contribution in [-0.2, 0) is 0 Å². The molecule has 0 fully saturated rings. The number of methoxy groups -OCH3 is 1.